The second kappa shape index (κ2) is 11.0. The van der Waals surface area contributed by atoms with E-state index in [0.717, 1.165) is 11.8 Å². The van der Waals surface area contributed by atoms with Crippen LogP contribution in [0.2, 0.25) is 0 Å². The fourth-order valence-electron chi connectivity index (χ4n) is 1.21. The maximum Gasteiger partial charge on any atom is -0.0417 e. The minimum atomic E-state index is 0.923. The molecule has 0 aliphatic heterocycles. The molecular weight excluding hydrogens is 144 g/mol. The molecule has 0 rings (SSSR count). The second-order valence-corrected chi connectivity index (χ2v) is 3.51. The average molecular weight is 172 g/mol. The van der Waals surface area contributed by atoms with Gasteiger partial charge in [0.2, 0.25) is 0 Å². The molecule has 0 aromatic carbocycles. The van der Waals surface area contributed by atoms with Crippen molar-refractivity contribution >= 4 is 0 Å². The summed E-state index contributed by atoms with van der Waals surface area (Å²) in [6.07, 6.45) is 5.52. The normalized spacial score (nSPS) is 14.5. The Morgan fingerprint density at radius 1 is 0.917 bits per heavy atom. The van der Waals surface area contributed by atoms with Crippen LogP contribution in [0, 0.1) is 11.8 Å². The van der Waals surface area contributed by atoms with Gasteiger partial charge in [-0.2, -0.15) is 0 Å². The third-order valence-corrected chi connectivity index (χ3v) is 2.63. The molecule has 0 aromatic rings. The lowest BCUT2D eigenvalue weighted by atomic mass is 9.89. The van der Waals surface area contributed by atoms with Crippen molar-refractivity contribution in [2.75, 3.05) is 0 Å². The molecule has 0 heterocycles. The highest BCUT2D eigenvalue weighted by Crippen LogP contribution is 2.19. The Bertz CT molecular complexity index is 66.4. The van der Waals surface area contributed by atoms with Crippen LogP contribution in [0.3, 0.4) is 0 Å². The Morgan fingerprint density at radius 2 is 1.42 bits per heavy atom. The fraction of sp³-hybridized carbons (Fsp3) is 1.00. The largest absolute Gasteiger partial charge is 0.0683 e. The van der Waals surface area contributed by atoms with Crippen molar-refractivity contribution in [2.45, 2.75) is 67.2 Å². The van der Waals surface area contributed by atoms with E-state index in [-0.39, 0.29) is 0 Å². The summed E-state index contributed by atoms with van der Waals surface area (Å²) in [5.74, 6) is 1.86. The molecule has 0 spiro atoms. The summed E-state index contributed by atoms with van der Waals surface area (Å²) in [6, 6.07) is 0. The molecule has 0 heteroatoms. The highest BCUT2D eigenvalue weighted by molar-refractivity contribution is 4.59. The zero-order valence-corrected chi connectivity index (χ0v) is 9.98. The summed E-state index contributed by atoms with van der Waals surface area (Å²) < 4.78 is 0. The van der Waals surface area contributed by atoms with Gasteiger partial charge in [0.05, 0.1) is 0 Å². The van der Waals surface area contributed by atoms with Crippen LogP contribution in [0.15, 0.2) is 0 Å². The van der Waals surface area contributed by atoms with Gasteiger partial charge in [0.1, 0.15) is 0 Å². The van der Waals surface area contributed by atoms with Gasteiger partial charge in [-0.05, 0) is 11.8 Å². The SMILES string of the molecule is CC.CCCCC(C)[C@H](C)CC. The van der Waals surface area contributed by atoms with Gasteiger partial charge >= 0.3 is 0 Å². The Morgan fingerprint density at radius 3 is 1.75 bits per heavy atom. The van der Waals surface area contributed by atoms with E-state index >= 15 is 0 Å². The van der Waals surface area contributed by atoms with Gasteiger partial charge in [-0.15, -0.1) is 0 Å². The van der Waals surface area contributed by atoms with E-state index in [4.69, 9.17) is 0 Å². The van der Waals surface area contributed by atoms with Crippen LogP contribution in [-0.4, -0.2) is 0 Å². The molecule has 0 radical (unpaired) electrons. The summed E-state index contributed by atoms with van der Waals surface area (Å²) in [7, 11) is 0. The molecule has 0 nitrogen and oxygen atoms in total. The van der Waals surface area contributed by atoms with Crippen molar-refractivity contribution in [3.63, 3.8) is 0 Å². The molecule has 2 atom stereocenters. The van der Waals surface area contributed by atoms with Crippen LogP contribution >= 0.6 is 0 Å². The molecule has 0 amide bonds. The minimum Gasteiger partial charge on any atom is -0.0683 e. The van der Waals surface area contributed by atoms with E-state index in [9.17, 15) is 0 Å². The van der Waals surface area contributed by atoms with Crippen LogP contribution in [0.25, 0.3) is 0 Å². The van der Waals surface area contributed by atoms with Crippen LogP contribution in [0.5, 0.6) is 0 Å². The molecule has 76 valence electrons. The van der Waals surface area contributed by atoms with Crippen LogP contribution in [0.4, 0.5) is 0 Å². The first-order valence-electron chi connectivity index (χ1n) is 5.72. The molecule has 0 aromatic heterocycles. The lowest BCUT2D eigenvalue weighted by molar-refractivity contribution is 0.346. The molecule has 0 N–H and O–H groups in total. The van der Waals surface area contributed by atoms with Crippen molar-refractivity contribution in [2.24, 2.45) is 11.8 Å². The van der Waals surface area contributed by atoms with E-state index in [1.54, 1.807) is 0 Å². The zero-order valence-electron chi connectivity index (χ0n) is 9.98. The molecular formula is C12H28. The van der Waals surface area contributed by atoms with Gasteiger partial charge in [-0.3, -0.25) is 0 Å². The smallest absolute Gasteiger partial charge is 0.0417 e. The van der Waals surface area contributed by atoms with Gasteiger partial charge in [-0.25, -0.2) is 0 Å². The number of unbranched alkanes of at least 4 members (excludes halogenated alkanes) is 1. The molecule has 0 fully saturated rings. The van der Waals surface area contributed by atoms with E-state index in [0.29, 0.717) is 0 Å². The standard InChI is InChI=1S/C10H22.C2H6/c1-5-7-8-10(4)9(3)6-2;1-2/h9-10H,5-8H2,1-4H3;1-2H3/t9-,10?;/m1./s1. The summed E-state index contributed by atoms with van der Waals surface area (Å²) >= 11 is 0. The molecule has 0 aliphatic rings. The van der Waals surface area contributed by atoms with Crippen LogP contribution in [0.1, 0.15) is 67.2 Å². The first kappa shape index (κ1) is 14.5. The lowest BCUT2D eigenvalue weighted by Gasteiger charge is -2.17. The van der Waals surface area contributed by atoms with Gasteiger partial charge in [-0.1, -0.05) is 67.2 Å². The van der Waals surface area contributed by atoms with Crippen LogP contribution < -0.4 is 0 Å². The summed E-state index contributed by atoms with van der Waals surface area (Å²) in [6.45, 7) is 13.3. The third-order valence-electron chi connectivity index (χ3n) is 2.63. The predicted octanol–water partition coefficient (Wildman–Crippen LogP) is 4.89. The van der Waals surface area contributed by atoms with Crippen molar-refractivity contribution in [3.8, 4) is 0 Å². The first-order chi connectivity index (χ1) is 5.72. The summed E-state index contributed by atoms with van der Waals surface area (Å²) in [4.78, 5) is 0. The quantitative estimate of drug-likeness (QED) is 0.554. The average Bonchev–Trinajstić information content (AvgIpc) is 2.16. The van der Waals surface area contributed by atoms with E-state index in [2.05, 4.69) is 27.7 Å². The number of hydrogen-bond donors (Lipinski definition) is 0. The Labute approximate surface area is 79.8 Å². The maximum absolute atomic E-state index is 2.38. The van der Waals surface area contributed by atoms with Gasteiger partial charge in [0, 0.05) is 0 Å². The number of hydrogen-bond acceptors (Lipinski definition) is 0. The third kappa shape index (κ3) is 8.10. The fourth-order valence-corrected chi connectivity index (χ4v) is 1.21. The van der Waals surface area contributed by atoms with Crippen LogP contribution in [-0.2, 0) is 0 Å². The van der Waals surface area contributed by atoms with Crippen molar-refractivity contribution < 1.29 is 0 Å². The molecule has 12 heavy (non-hydrogen) atoms. The zero-order chi connectivity index (χ0) is 9.98. The predicted molar refractivity (Wildman–Crippen MR) is 59.5 cm³/mol. The van der Waals surface area contributed by atoms with E-state index < -0.39 is 0 Å². The monoisotopic (exact) mass is 172 g/mol. The second-order valence-electron chi connectivity index (χ2n) is 3.51. The summed E-state index contributed by atoms with van der Waals surface area (Å²) in [5, 5.41) is 0. The molecule has 0 bridgehead atoms. The van der Waals surface area contributed by atoms with Gasteiger partial charge in [0.15, 0.2) is 0 Å². The summed E-state index contributed by atoms with van der Waals surface area (Å²) in [5.41, 5.74) is 0. The minimum absolute atomic E-state index is 0.923. The maximum atomic E-state index is 2.38. The van der Waals surface area contributed by atoms with E-state index in [1.807, 2.05) is 13.8 Å². The van der Waals surface area contributed by atoms with Crippen molar-refractivity contribution in [3.05, 3.63) is 0 Å². The number of rotatable bonds is 5. The molecule has 0 aliphatic carbocycles. The van der Waals surface area contributed by atoms with E-state index in [1.165, 1.54) is 25.7 Å². The van der Waals surface area contributed by atoms with Gasteiger partial charge < -0.3 is 0 Å². The highest BCUT2D eigenvalue weighted by atomic mass is 14.1. The topological polar surface area (TPSA) is 0 Å². The Kier molecular flexibility index (Phi) is 13.3. The van der Waals surface area contributed by atoms with Crippen molar-refractivity contribution in [1.29, 1.82) is 0 Å². The molecule has 1 unspecified atom stereocenters. The Hall–Kier alpha value is 0. The lowest BCUT2D eigenvalue weighted by Crippen LogP contribution is -2.06. The van der Waals surface area contributed by atoms with Gasteiger partial charge in [0.25, 0.3) is 0 Å². The molecule has 0 saturated carbocycles. The highest BCUT2D eigenvalue weighted by Gasteiger charge is 2.08. The van der Waals surface area contributed by atoms with Crippen molar-refractivity contribution in [1.82, 2.24) is 0 Å². The first-order valence-corrected chi connectivity index (χ1v) is 5.72. The Balaban J connectivity index is 0. The molecule has 0 saturated heterocycles.